The fourth-order valence-electron chi connectivity index (χ4n) is 4.25. The van der Waals surface area contributed by atoms with E-state index in [1.807, 2.05) is 4.90 Å². The van der Waals surface area contributed by atoms with Gasteiger partial charge in [0, 0.05) is 19.5 Å². The topological polar surface area (TPSA) is 72.4 Å². The molecule has 2 fully saturated rings. The van der Waals surface area contributed by atoms with Crippen LogP contribution in [0.4, 0.5) is 0 Å². The Balaban J connectivity index is 1.59. The summed E-state index contributed by atoms with van der Waals surface area (Å²) in [7, 11) is 0. The Kier molecular flexibility index (Phi) is 3.70. The van der Waals surface area contributed by atoms with Gasteiger partial charge in [-0.15, -0.1) is 0 Å². The highest BCUT2D eigenvalue weighted by atomic mass is 16.5. The van der Waals surface area contributed by atoms with Crippen molar-refractivity contribution in [2.75, 3.05) is 13.1 Å². The molecule has 2 atom stereocenters. The first-order valence-electron chi connectivity index (χ1n) is 8.74. The predicted molar refractivity (Wildman–Crippen MR) is 86.5 cm³/mol. The summed E-state index contributed by atoms with van der Waals surface area (Å²) in [4.78, 5) is 19.2. The molecule has 3 heterocycles. The smallest absolute Gasteiger partial charge is 0.289 e. The van der Waals surface area contributed by atoms with Gasteiger partial charge in [0.2, 0.25) is 5.89 Å². The maximum Gasteiger partial charge on any atom is 0.289 e. The first-order valence-corrected chi connectivity index (χ1v) is 8.74. The average Bonchev–Trinajstić information content (AvgIpc) is 3.29. The lowest BCUT2D eigenvalue weighted by atomic mass is 9.80. The van der Waals surface area contributed by atoms with E-state index in [0.29, 0.717) is 30.0 Å². The Morgan fingerprint density at radius 2 is 2.38 bits per heavy atom. The first kappa shape index (κ1) is 15.4. The van der Waals surface area contributed by atoms with Crippen molar-refractivity contribution in [3.05, 3.63) is 35.9 Å². The van der Waals surface area contributed by atoms with Crippen LogP contribution in [-0.2, 0) is 11.8 Å². The summed E-state index contributed by atoms with van der Waals surface area (Å²) in [5.74, 6) is 2.74. The van der Waals surface area contributed by atoms with Gasteiger partial charge in [0.15, 0.2) is 11.6 Å². The summed E-state index contributed by atoms with van der Waals surface area (Å²) in [6.45, 7) is 5.67. The molecule has 2 aliphatic rings. The Labute approximate surface area is 141 Å². The number of amides is 1. The Morgan fingerprint density at radius 3 is 3.12 bits per heavy atom. The van der Waals surface area contributed by atoms with E-state index < -0.39 is 0 Å². The number of likely N-dealkylation sites (tertiary alicyclic amines) is 1. The Hall–Kier alpha value is -2.11. The van der Waals surface area contributed by atoms with E-state index in [0.717, 1.165) is 38.1 Å². The number of carbonyl (C=O) groups is 1. The van der Waals surface area contributed by atoms with Gasteiger partial charge in [0.1, 0.15) is 0 Å². The van der Waals surface area contributed by atoms with Crippen molar-refractivity contribution in [2.45, 2.75) is 44.9 Å². The standard InChI is InChI=1S/C18H23N3O3/c1-12(2)9-15-19-17(20-24-15)18-7-3-5-13(18)10-21(11-18)16(22)14-6-4-8-23-14/h4,6,8,12-13H,3,5,7,9-11H2,1-2H3/t13-,18-/m1/s1. The second-order valence-electron chi connectivity index (χ2n) is 7.52. The van der Waals surface area contributed by atoms with Crippen molar-refractivity contribution < 1.29 is 13.7 Å². The van der Waals surface area contributed by atoms with Crippen LogP contribution in [0.1, 0.15) is 55.4 Å². The summed E-state index contributed by atoms with van der Waals surface area (Å²) in [6, 6.07) is 3.47. The molecule has 1 aliphatic carbocycles. The highest BCUT2D eigenvalue weighted by molar-refractivity contribution is 5.91. The third kappa shape index (κ3) is 2.44. The predicted octanol–water partition coefficient (Wildman–Crippen LogP) is 3.06. The summed E-state index contributed by atoms with van der Waals surface area (Å²) < 4.78 is 10.8. The SMILES string of the molecule is CC(C)Cc1nc([C@@]23CCC[C@@H]2CN(C(=O)c2ccco2)C3)no1. The van der Waals surface area contributed by atoms with E-state index >= 15 is 0 Å². The minimum Gasteiger partial charge on any atom is -0.459 e. The zero-order chi connectivity index (χ0) is 16.7. The van der Waals surface area contributed by atoms with Crippen molar-refractivity contribution in [1.29, 1.82) is 0 Å². The van der Waals surface area contributed by atoms with Gasteiger partial charge in [0.25, 0.3) is 5.91 Å². The fraction of sp³-hybridized carbons (Fsp3) is 0.611. The van der Waals surface area contributed by atoms with Crippen LogP contribution >= 0.6 is 0 Å². The van der Waals surface area contributed by atoms with Crippen molar-refractivity contribution in [3.63, 3.8) is 0 Å². The van der Waals surface area contributed by atoms with Gasteiger partial charge in [-0.05, 0) is 36.8 Å². The van der Waals surface area contributed by atoms with Gasteiger partial charge >= 0.3 is 0 Å². The molecule has 2 aromatic heterocycles. The molecule has 0 aromatic carbocycles. The van der Waals surface area contributed by atoms with E-state index in [9.17, 15) is 4.79 Å². The van der Waals surface area contributed by atoms with E-state index in [1.165, 1.54) is 6.26 Å². The van der Waals surface area contributed by atoms with E-state index in [4.69, 9.17) is 8.94 Å². The second-order valence-corrected chi connectivity index (χ2v) is 7.52. The van der Waals surface area contributed by atoms with Gasteiger partial charge in [-0.25, -0.2) is 0 Å². The molecule has 24 heavy (non-hydrogen) atoms. The third-order valence-electron chi connectivity index (χ3n) is 5.39. The molecule has 128 valence electrons. The molecule has 0 unspecified atom stereocenters. The molecule has 2 aromatic rings. The number of carbonyl (C=O) groups excluding carboxylic acids is 1. The van der Waals surface area contributed by atoms with Crippen molar-refractivity contribution >= 4 is 5.91 Å². The molecular formula is C18H23N3O3. The summed E-state index contributed by atoms with van der Waals surface area (Å²) in [5, 5.41) is 4.29. The van der Waals surface area contributed by atoms with Crippen LogP contribution < -0.4 is 0 Å². The molecule has 0 N–H and O–H groups in total. The molecule has 4 rings (SSSR count). The van der Waals surface area contributed by atoms with E-state index in [2.05, 4.69) is 24.0 Å². The molecular weight excluding hydrogens is 306 g/mol. The highest BCUT2D eigenvalue weighted by Gasteiger charge is 2.54. The van der Waals surface area contributed by atoms with Gasteiger partial charge in [-0.2, -0.15) is 4.98 Å². The van der Waals surface area contributed by atoms with Crippen LogP contribution in [0.5, 0.6) is 0 Å². The van der Waals surface area contributed by atoms with Crippen LogP contribution in [-0.4, -0.2) is 34.0 Å². The number of hydrogen-bond acceptors (Lipinski definition) is 5. The van der Waals surface area contributed by atoms with E-state index in [1.54, 1.807) is 12.1 Å². The molecule has 6 heteroatoms. The Morgan fingerprint density at radius 1 is 1.50 bits per heavy atom. The fourth-order valence-corrected chi connectivity index (χ4v) is 4.25. The average molecular weight is 329 g/mol. The second kappa shape index (κ2) is 5.76. The van der Waals surface area contributed by atoms with Crippen LogP contribution in [0.15, 0.2) is 27.3 Å². The number of hydrogen-bond donors (Lipinski definition) is 0. The van der Waals surface area contributed by atoms with Gasteiger partial charge in [-0.3, -0.25) is 4.79 Å². The highest BCUT2D eigenvalue weighted by Crippen LogP contribution is 2.49. The number of rotatable bonds is 4. The molecule has 1 saturated heterocycles. The monoisotopic (exact) mass is 329 g/mol. The van der Waals surface area contributed by atoms with Crippen LogP contribution in [0.2, 0.25) is 0 Å². The normalized spacial score (nSPS) is 26.3. The number of aromatic nitrogens is 2. The van der Waals surface area contributed by atoms with Crippen LogP contribution in [0.25, 0.3) is 0 Å². The summed E-state index contributed by atoms with van der Waals surface area (Å²) in [5.41, 5.74) is -0.152. The molecule has 1 amide bonds. The lowest BCUT2D eigenvalue weighted by Gasteiger charge is -2.24. The molecule has 0 radical (unpaired) electrons. The molecule has 0 bridgehead atoms. The van der Waals surface area contributed by atoms with Crippen molar-refractivity contribution in [3.8, 4) is 0 Å². The summed E-state index contributed by atoms with van der Waals surface area (Å²) >= 11 is 0. The number of nitrogens with zero attached hydrogens (tertiary/aromatic N) is 3. The molecule has 1 saturated carbocycles. The largest absolute Gasteiger partial charge is 0.459 e. The lowest BCUT2D eigenvalue weighted by molar-refractivity contribution is 0.0745. The molecule has 6 nitrogen and oxygen atoms in total. The number of fused-ring (bicyclic) bond motifs is 1. The third-order valence-corrected chi connectivity index (χ3v) is 5.39. The van der Waals surface area contributed by atoms with E-state index in [-0.39, 0.29) is 11.3 Å². The maximum atomic E-state index is 12.6. The maximum absolute atomic E-state index is 12.6. The minimum absolute atomic E-state index is 0.0420. The van der Waals surface area contributed by atoms with Crippen LogP contribution in [0, 0.1) is 11.8 Å². The van der Waals surface area contributed by atoms with Crippen molar-refractivity contribution in [1.82, 2.24) is 15.0 Å². The van der Waals surface area contributed by atoms with Gasteiger partial charge in [0.05, 0.1) is 11.7 Å². The van der Waals surface area contributed by atoms with Gasteiger partial charge < -0.3 is 13.8 Å². The minimum atomic E-state index is -0.152. The zero-order valence-corrected chi connectivity index (χ0v) is 14.2. The quantitative estimate of drug-likeness (QED) is 0.862. The van der Waals surface area contributed by atoms with Crippen molar-refractivity contribution in [2.24, 2.45) is 11.8 Å². The molecule has 0 spiro atoms. The summed E-state index contributed by atoms with van der Waals surface area (Å²) in [6.07, 6.45) is 5.61. The molecule has 1 aliphatic heterocycles. The van der Waals surface area contributed by atoms with Crippen LogP contribution in [0.3, 0.4) is 0 Å². The Bertz CT molecular complexity index is 722. The lowest BCUT2D eigenvalue weighted by Crippen LogP contribution is -2.35. The van der Waals surface area contributed by atoms with Gasteiger partial charge in [-0.1, -0.05) is 25.4 Å². The number of furan rings is 1. The first-order chi connectivity index (χ1) is 11.6. The zero-order valence-electron chi connectivity index (χ0n) is 14.2.